The fourth-order valence-corrected chi connectivity index (χ4v) is 1.15. The number of carbonyl (C=O) groups excluding carboxylic acids is 1. The molecule has 0 atom stereocenters. The molecule has 0 N–H and O–H groups in total. The smallest absolute Gasteiger partial charge is 0.396 e. The van der Waals surface area contributed by atoms with Crippen molar-refractivity contribution in [2.24, 2.45) is 0 Å². The average molecular weight is 202 g/mol. The molecule has 5 nitrogen and oxygen atoms in total. The molecular formula is C7H10N2O3S. The van der Waals surface area contributed by atoms with Gasteiger partial charge in [-0.1, -0.05) is 23.8 Å². The quantitative estimate of drug-likeness (QED) is 0.542. The maximum absolute atomic E-state index is 11.0. The van der Waals surface area contributed by atoms with E-state index in [9.17, 15) is 4.79 Å². The van der Waals surface area contributed by atoms with Crippen LogP contribution in [0.25, 0.3) is 0 Å². The minimum atomic E-state index is -0.571. The predicted octanol–water partition coefficient (Wildman–Crippen LogP) is 1.36. The Morgan fingerprint density at radius 2 is 2.31 bits per heavy atom. The van der Waals surface area contributed by atoms with Crippen molar-refractivity contribution in [1.82, 2.24) is 10.2 Å². The first-order chi connectivity index (χ1) is 6.27. The summed E-state index contributed by atoms with van der Waals surface area (Å²) in [5.74, 6) is 0.167. The topological polar surface area (TPSA) is 65.2 Å². The minimum Gasteiger partial charge on any atom is -0.459 e. The van der Waals surface area contributed by atoms with E-state index in [0.717, 1.165) is 5.75 Å². The lowest BCUT2D eigenvalue weighted by molar-refractivity contribution is 0.0475. The summed E-state index contributed by atoms with van der Waals surface area (Å²) in [6, 6.07) is 0. The van der Waals surface area contributed by atoms with E-state index in [1.54, 1.807) is 6.92 Å². The molecule has 72 valence electrons. The van der Waals surface area contributed by atoms with Crippen LogP contribution in [0, 0.1) is 0 Å². The molecule has 1 aromatic rings. The molecule has 0 spiro atoms. The van der Waals surface area contributed by atoms with Crippen molar-refractivity contribution in [1.29, 1.82) is 0 Å². The Morgan fingerprint density at radius 3 is 2.92 bits per heavy atom. The Labute approximate surface area is 79.9 Å². The Kier molecular flexibility index (Phi) is 3.75. The molecule has 6 heteroatoms. The highest BCUT2D eigenvalue weighted by Gasteiger charge is 2.15. The number of hydrogen-bond donors (Lipinski definition) is 0. The minimum absolute atomic E-state index is 0.0854. The van der Waals surface area contributed by atoms with Crippen molar-refractivity contribution in [2.75, 3.05) is 12.4 Å². The second-order valence-corrected chi connectivity index (χ2v) is 3.24. The molecule has 1 heterocycles. The maximum Gasteiger partial charge on any atom is 0.396 e. The first-order valence-electron chi connectivity index (χ1n) is 3.91. The molecule has 0 saturated carbocycles. The SMILES string of the molecule is CCOC(=O)c1nnc(SCC)o1. The van der Waals surface area contributed by atoms with E-state index in [0.29, 0.717) is 11.8 Å². The number of ether oxygens (including phenoxy) is 1. The van der Waals surface area contributed by atoms with Gasteiger partial charge in [-0.25, -0.2) is 4.79 Å². The zero-order chi connectivity index (χ0) is 9.68. The lowest BCUT2D eigenvalue weighted by atomic mass is 10.7. The van der Waals surface area contributed by atoms with Crippen LogP contribution in [0.4, 0.5) is 0 Å². The summed E-state index contributed by atoms with van der Waals surface area (Å²) in [5, 5.41) is 7.59. The van der Waals surface area contributed by atoms with Gasteiger partial charge in [0.25, 0.3) is 5.22 Å². The number of carbonyl (C=O) groups is 1. The number of nitrogens with zero attached hydrogens (tertiary/aromatic N) is 2. The summed E-state index contributed by atoms with van der Waals surface area (Å²) >= 11 is 1.38. The van der Waals surface area contributed by atoms with Gasteiger partial charge in [0.1, 0.15) is 0 Å². The van der Waals surface area contributed by atoms with Crippen molar-refractivity contribution in [3.05, 3.63) is 5.89 Å². The molecule has 13 heavy (non-hydrogen) atoms. The monoisotopic (exact) mass is 202 g/mol. The molecule has 1 aromatic heterocycles. The molecule has 1 rings (SSSR count). The van der Waals surface area contributed by atoms with E-state index in [-0.39, 0.29) is 5.89 Å². The van der Waals surface area contributed by atoms with E-state index in [2.05, 4.69) is 14.9 Å². The molecule has 0 unspecified atom stereocenters. The largest absolute Gasteiger partial charge is 0.459 e. The van der Waals surface area contributed by atoms with Crippen LogP contribution in [0.2, 0.25) is 0 Å². The molecule has 0 radical (unpaired) electrons. The van der Waals surface area contributed by atoms with Crippen LogP contribution in [0.1, 0.15) is 24.5 Å². The summed E-state index contributed by atoms with van der Waals surface area (Å²) < 4.78 is 9.68. The third-order valence-corrected chi connectivity index (χ3v) is 1.82. The van der Waals surface area contributed by atoms with Crippen molar-refractivity contribution in [2.45, 2.75) is 19.1 Å². The summed E-state index contributed by atoms with van der Waals surface area (Å²) in [6.07, 6.45) is 0. The molecule has 0 aliphatic rings. The number of thioether (sulfide) groups is 1. The van der Waals surface area contributed by atoms with Crippen LogP contribution in [0.3, 0.4) is 0 Å². The van der Waals surface area contributed by atoms with E-state index >= 15 is 0 Å². The van der Waals surface area contributed by atoms with Gasteiger partial charge in [0.05, 0.1) is 6.61 Å². The van der Waals surface area contributed by atoms with Crippen LogP contribution in [0.15, 0.2) is 9.64 Å². The standard InChI is InChI=1S/C7H10N2O3S/c1-3-11-6(10)5-8-9-7(12-5)13-4-2/h3-4H2,1-2H3. The Hall–Kier alpha value is -1.04. The molecule has 0 amide bonds. The van der Waals surface area contributed by atoms with Gasteiger partial charge in [-0.3, -0.25) is 0 Å². The zero-order valence-electron chi connectivity index (χ0n) is 7.44. The first-order valence-corrected chi connectivity index (χ1v) is 4.89. The third kappa shape index (κ3) is 2.73. The molecule has 0 bridgehead atoms. The molecule has 0 aromatic carbocycles. The van der Waals surface area contributed by atoms with Gasteiger partial charge in [0.2, 0.25) is 0 Å². The highest BCUT2D eigenvalue weighted by atomic mass is 32.2. The van der Waals surface area contributed by atoms with Crippen molar-refractivity contribution in [3.8, 4) is 0 Å². The molecule has 0 aliphatic carbocycles. The summed E-state index contributed by atoms with van der Waals surface area (Å²) in [4.78, 5) is 11.0. The fourth-order valence-electron chi connectivity index (χ4n) is 0.667. The molecule has 0 fully saturated rings. The van der Waals surface area contributed by atoms with Crippen LogP contribution in [0.5, 0.6) is 0 Å². The van der Waals surface area contributed by atoms with Gasteiger partial charge >= 0.3 is 11.9 Å². The van der Waals surface area contributed by atoms with Crippen LogP contribution < -0.4 is 0 Å². The third-order valence-electron chi connectivity index (χ3n) is 1.12. The van der Waals surface area contributed by atoms with Gasteiger partial charge in [-0.15, -0.1) is 5.10 Å². The average Bonchev–Trinajstić information content (AvgIpc) is 2.54. The van der Waals surface area contributed by atoms with Gasteiger partial charge in [0, 0.05) is 0 Å². The summed E-state index contributed by atoms with van der Waals surface area (Å²) in [5.41, 5.74) is 0. The van der Waals surface area contributed by atoms with Gasteiger partial charge in [-0.2, -0.15) is 0 Å². The number of aromatic nitrogens is 2. The van der Waals surface area contributed by atoms with Gasteiger partial charge < -0.3 is 9.15 Å². The number of esters is 1. The molecular weight excluding hydrogens is 192 g/mol. The fraction of sp³-hybridized carbons (Fsp3) is 0.571. The lowest BCUT2D eigenvalue weighted by Gasteiger charge is -1.93. The lowest BCUT2D eigenvalue weighted by Crippen LogP contribution is -2.04. The van der Waals surface area contributed by atoms with E-state index in [1.807, 2.05) is 6.92 Å². The van der Waals surface area contributed by atoms with Crippen molar-refractivity contribution < 1.29 is 13.9 Å². The maximum atomic E-state index is 11.0. The second kappa shape index (κ2) is 4.86. The Morgan fingerprint density at radius 1 is 1.54 bits per heavy atom. The number of rotatable bonds is 4. The highest BCUT2D eigenvalue weighted by Crippen LogP contribution is 2.15. The summed E-state index contributed by atoms with van der Waals surface area (Å²) in [7, 11) is 0. The van der Waals surface area contributed by atoms with E-state index in [1.165, 1.54) is 11.8 Å². The van der Waals surface area contributed by atoms with Gasteiger partial charge in [-0.05, 0) is 12.7 Å². The van der Waals surface area contributed by atoms with Crippen LogP contribution in [-0.4, -0.2) is 28.5 Å². The van der Waals surface area contributed by atoms with Crippen molar-refractivity contribution in [3.63, 3.8) is 0 Å². The zero-order valence-corrected chi connectivity index (χ0v) is 8.26. The number of hydrogen-bond acceptors (Lipinski definition) is 6. The second-order valence-electron chi connectivity index (χ2n) is 2.03. The normalized spacial score (nSPS) is 10.0. The van der Waals surface area contributed by atoms with Gasteiger partial charge in [0.15, 0.2) is 0 Å². The van der Waals surface area contributed by atoms with Crippen LogP contribution in [-0.2, 0) is 4.74 Å². The first kappa shape index (κ1) is 10.0. The highest BCUT2D eigenvalue weighted by molar-refractivity contribution is 7.99. The summed E-state index contributed by atoms with van der Waals surface area (Å²) in [6.45, 7) is 3.98. The van der Waals surface area contributed by atoms with E-state index < -0.39 is 5.97 Å². The van der Waals surface area contributed by atoms with Crippen molar-refractivity contribution >= 4 is 17.7 Å². The Balaban J connectivity index is 2.62. The molecule has 0 saturated heterocycles. The van der Waals surface area contributed by atoms with E-state index in [4.69, 9.17) is 4.42 Å². The predicted molar refractivity (Wildman–Crippen MR) is 46.7 cm³/mol. The Bertz CT molecular complexity index is 287. The molecule has 0 aliphatic heterocycles. The van der Waals surface area contributed by atoms with Crippen LogP contribution >= 0.6 is 11.8 Å².